The van der Waals surface area contributed by atoms with Crippen molar-refractivity contribution in [3.63, 3.8) is 0 Å². The number of anilines is 1. The number of nitriles is 1. The number of likely N-dealkylation sites (N-methyl/N-ethyl adjacent to an activating group) is 1. The van der Waals surface area contributed by atoms with Crippen LogP contribution in [0.1, 0.15) is 60.4 Å². The number of ether oxygens (including phenoxy) is 2. The zero-order chi connectivity index (χ0) is 37.1. The lowest BCUT2D eigenvalue weighted by molar-refractivity contribution is -0.144. The standard InChI is InChI=1S/C41H43ClN6O5/c1-25-13-32(44-3)22-48(25)41-46-35-16-29(10-11-37(35)53-41)33-8-6-7-30(26(33)2)24-52-39-17-38(51-23-28-14-27(18-43)19-45-20-28)31(15-34(39)42)21-47-12-5-4-9-36(47)40(49)50/h6-8,10-11,14-17,19-20,25,32,36,44H,4-5,9,12-13,21-24H2,1-3H3,(H,49,50)/t25-,32+,36+/m1/s1. The molecule has 3 atom stereocenters. The van der Waals surface area contributed by atoms with Gasteiger partial charge in [0.15, 0.2) is 5.58 Å². The van der Waals surface area contributed by atoms with E-state index >= 15 is 0 Å². The Labute approximate surface area is 314 Å². The van der Waals surface area contributed by atoms with Crippen LogP contribution < -0.4 is 19.7 Å². The first kappa shape index (κ1) is 36.2. The maximum atomic E-state index is 12.1. The van der Waals surface area contributed by atoms with Gasteiger partial charge >= 0.3 is 5.97 Å². The largest absolute Gasteiger partial charge is 0.488 e. The van der Waals surface area contributed by atoms with Gasteiger partial charge in [-0.25, -0.2) is 0 Å². The van der Waals surface area contributed by atoms with Crippen LogP contribution in [0, 0.1) is 18.3 Å². The molecule has 0 spiro atoms. The quantitative estimate of drug-likeness (QED) is 0.132. The van der Waals surface area contributed by atoms with Gasteiger partial charge in [-0.15, -0.1) is 0 Å². The number of likely N-dealkylation sites (tertiary alicyclic amines) is 1. The molecule has 2 fully saturated rings. The van der Waals surface area contributed by atoms with Gasteiger partial charge in [0.2, 0.25) is 0 Å². The van der Waals surface area contributed by atoms with Crippen molar-refractivity contribution in [3.8, 4) is 28.7 Å². The zero-order valence-corrected chi connectivity index (χ0v) is 30.9. The van der Waals surface area contributed by atoms with Crippen molar-refractivity contribution < 1.29 is 23.8 Å². The number of piperidine rings is 1. The number of rotatable bonds is 12. The minimum absolute atomic E-state index is 0.158. The number of aromatic nitrogens is 2. The zero-order valence-electron chi connectivity index (χ0n) is 30.1. The van der Waals surface area contributed by atoms with Crippen molar-refractivity contribution >= 4 is 34.7 Å². The van der Waals surface area contributed by atoms with E-state index in [2.05, 4.69) is 53.3 Å². The number of oxazole rings is 1. The molecule has 2 saturated heterocycles. The third-order valence-electron chi connectivity index (χ3n) is 10.5. The van der Waals surface area contributed by atoms with E-state index in [1.807, 2.05) is 30.1 Å². The first-order valence-electron chi connectivity index (χ1n) is 18.0. The third-order valence-corrected chi connectivity index (χ3v) is 10.7. The van der Waals surface area contributed by atoms with Crippen LogP contribution in [0.4, 0.5) is 6.01 Å². The minimum atomic E-state index is -0.833. The van der Waals surface area contributed by atoms with Crippen molar-refractivity contribution in [1.82, 2.24) is 20.2 Å². The van der Waals surface area contributed by atoms with E-state index in [-0.39, 0.29) is 13.2 Å². The molecule has 3 aromatic carbocycles. The molecule has 2 aromatic heterocycles. The molecule has 0 bridgehead atoms. The fourth-order valence-electron chi connectivity index (χ4n) is 7.43. The average molecular weight is 735 g/mol. The summed E-state index contributed by atoms with van der Waals surface area (Å²) in [5, 5.41) is 23.0. The number of hydrogen-bond donors (Lipinski definition) is 2. The number of carboxylic acid groups (broad SMARTS) is 1. The summed E-state index contributed by atoms with van der Waals surface area (Å²) in [4.78, 5) is 25.3. The number of aliphatic carboxylic acids is 1. The number of nitrogens with one attached hydrogen (secondary N) is 1. The van der Waals surface area contributed by atoms with E-state index in [0.29, 0.717) is 59.7 Å². The van der Waals surface area contributed by atoms with Gasteiger partial charge in [-0.3, -0.25) is 14.7 Å². The topological polar surface area (TPSA) is 137 Å². The molecule has 2 aliphatic rings. The van der Waals surface area contributed by atoms with E-state index in [0.717, 1.165) is 70.3 Å². The Bertz CT molecular complexity index is 2160. The SMILES string of the molecule is CN[C@H]1C[C@@H](C)N(c2nc3cc(-c4cccc(COc5cc(OCc6cncc(C#N)c6)c(CN6CCCC[C@H]6C(=O)O)cc5Cl)c4C)ccc3o2)C1. The molecule has 2 aliphatic heterocycles. The Morgan fingerprint density at radius 3 is 2.74 bits per heavy atom. The summed E-state index contributed by atoms with van der Waals surface area (Å²) in [5.41, 5.74) is 7.65. The van der Waals surface area contributed by atoms with E-state index in [4.69, 9.17) is 30.5 Å². The summed E-state index contributed by atoms with van der Waals surface area (Å²) in [6.45, 7) is 6.57. The van der Waals surface area contributed by atoms with E-state index < -0.39 is 12.0 Å². The molecular weight excluding hydrogens is 692 g/mol. The molecule has 53 heavy (non-hydrogen) atoms. The summed E-state index contributed by atoms with van der Waals surface area (Å²) in [5.74, 6) is 0.137. The summed E-state index contributed by atoms with van der Waals surface area (Å²) >= 11 is 6.85. The van der Waals surface area contributed by atoms with Crippen LogP contribution in [0.2, 0.25) is 5.02 Å². The van der Waals surface area contributed by atoms with Gasteiger partial charge in [-0.05, 0) is 93.2 Å². The molecule has 0 aliphatic carbocycles. The van der Waals surface area contributed by atoms with Crippen molar-refractivity contribution in [3.05, 3.63) is 99.8 Å². The maximum Gasteiger partial charge on any atom is 0.320 e. The molecule has 4 heterocycles. The minimum Gasteiger partial charge on any atom is -0.488 e. The first-order chi connectivity index (χ1) is 25.7. The summed E-state index contributed by atoms with van der Waals surface area (Å²) < 4.78 is 18.9. The van der Waals surface area contributed by atoms with Gasteiger partial charge < -0.3 is 29.2 Å². The number of carboxylic acids is 1. The molecule has 2 N–H and O–H groups in total. The number of fused-ring (bicyclic) bond motifs is 1. The summed E-state index contributed by atoms with van der Waals surface area (Å²) in [6.07, 6.45) is 6.58. The van der Waals surface area contributed by atoms with Crippen LogP contribution in [-0.2, 0) is 24.6 Å². The Kier molecular flexibility index (Phi) is 10.8. The number of hydrogen-bond acceptors (Lipinski definition) is 10. The summed E-state index contributed by atoms with van der Waals surface area (Å²) in [6, 6.07) is 20.5. The highest BCUT2D eigenvalue weighted by molar-refractivity contribution is 6.32. The first-order valence-corrected chi connectivity index (χ1v) is 18.4. The third kappa shape index (κ3) is 7.95. The van der Waals surface area contributed by atoms with Gasteiger partial charge in [-0.1, -0.05) is 42.3 Å². The summed E-state index contributed by atoms with van der Waals surface area (Å²) in [7, 11) is 1.99. The van der Waals surface area contributed by atoms with Crippen molar-refractivity contribution in [2.45, 2.75) is 77.4 Å². The van der Waals surface area contributed by atoms with Crippen molar-refractivity contribution in [2.75, 3.05) is 25.0 Å². The number of pyridine rings is 1. The van der Waals surface area contributed by atoms with Crippen LogP contribution in [0.5, 0.6) is 11.5 Å². The van der Waals surface area contributed by atoms with Crippen LogP contribution in [0.25, 0.3) is 22.2 Å². The predicted molar refractivity (Wildman–Crippen MR) is 203 cm³/mol. The monoisotopic (exact) mass is 734 g/mol. The van der Waals surface area contributed by atoms with Crippen molar-refractivity contribution in [2.24, 2.45) is 0 Å². The second-order valence-corrected chi connectivity index (χ2v) is 14.4. The van der Waals surface area contributed by atoms with Gasteiger partial charge in [0.25, 0.3) is 6.01 Å². The second-order valence-electron chi connectivity index (χ2n) is 14.0. The predicted octanol–water partition coefficient (Wildman–Crippen LogP) is 7.51. The number of nitrogens with zero attached hydrogens (tertiary/aromatic N) is 5. The van der Waals surface area contributed by atoms with E-state index in [9.17, 15) is 15.2 Å². The Balaban J connectivity index is 1.12. The Morgan fingerprint density at radius 1 is 1.09 bits per heavy atom. The van der Waals surface area contributed by atoms with Crippen LogP contribution >= 0.6 is 11.6 Å². The number of carbonyl (C=O) groups is 1. The number of benzene rings is 3. The second kappa shape index (κ2) is 15.8. The van der Waals surface area contributed by atoms with E-state index in [1.54, 1.807) is 24.4 Å². The lowest BCUT2D eigenvalue weighted by Crippen LogP contribution is -2.44. The van der Waals surface area contributed by atoms with E-state index in [1.165, 1.54) is 6.20 Å². The molecule has 11 nitrogen and oxygen atoms in total. The smallest absolute Gasteiger partial charge is 0.320 e. The van der Waals surface area contributed by atoms with Gasteiger partial charge in [-0.2, -0.15) is 10.2 Å². The molecule has 12 heteroatoms. The molecule has 0 amide bonds. The molecule has 274 valence electrons. The van der Waals surface area contributed by atoms with Gasteiger partial charge in [0.1, 0.15) is 42.3 Å². The average Bonchev–Trinajstić information content (AvgIpc) is 3.77. The highest BCUT2D eigenvalue weighted by Gasteiger charge is 2.32. The van der Waals surface area contributed by atoms with Crippen molar-refractivity contribution in [1.29, 1.82) is 5.26 Å². The van der Waals surface area contributed by atoms with Crippen LogP contribution in [-0.4, -0.2) is 64.2 Å². The van der Waals surface area contributed by atoms with Gasteiger partial charge in [0, 0.05) is 54.8 Å². The Hall–Kier alpha value is -5.15. The van der Waals surface area contributed by atoms with Gasteiger partial charge in [0.05, 0.1) is 10.6 Å². The fourth-order valence-corrected chi connectivity index (χ4v) is 7.67. The molecule has 0 saturated carbocycles. The maximum absolute atomic E-state index is 12.1. The lowest BCUT2D eigenvalue weighted by Gasteiger charge is -2.33. The lowest BCUT2D eigenvalue weighted by atomic mass is 9.96. The number of halogens is 1. The highest BCUT2D eigenvalue weighted by atomic mass is 35.5. The Morgan fingerprint density at radius 2 is 1.94 bits per heavy atom. The molecule has 0 unspecified atom stereocenters. The highest BCUT2D eigenvalue weighted by Crippen LogP contribution is 2.37. The van der Waals surface area contributed by atoms with Crippen LogP contribution in [0.3, 0.4) is 0 Å². The fraction of sp³-hybridized carbons (Fsp3) is 0.366. The molecule has 7 rings (SSSR count). The molecule has 0 radical (unpaired) electrons. The molecule has 5 aromatic rings. The molecular formula is C41H43ClN6O5. The van der Waals surface area contributed by atoms with Crippen LogP contribution in [0.15, 0.2) is 71.4 Å². The normalized spacial score (nSPS) is 19.0.